The lowest BCUT2D eigenvalue weighted by atomic mass is 9.91. The van der Waals surface area contributed by atoms with E-state index in [1.54, 1.807) is 6.20 Å². The van der Waals surface area contributed by atoms with Gasteiger partial charge in [-0.1, -0.05) is 12.8 Å². The molecule has 2 N–H and O–H groups in total. The van der Waals surface area contributed by atoms with Crippen molar-refractivity contribution in [1.82, 2.24) is 20.2 Å². The topological polar surface area (TPSA) is 93.7 Å². The van der Waals surface area contributed by atoms with E-state index in [9.17, 15) is 9.59 Å². The van der Waals surface area contributed by atoms with Crippen LogP contribution in [0.4, 0.5) is 27.5 Å². The maximum absolute atomic E-state index is 15.1. The van der Waals surface area contributed by atoms with E-state index in [4.69, 9.17) is 4.98 Å². The van der Waals surface area contributed by atoms with Gasteiger partial charge in [0.15, 0.2) is 0 Å². The molecule has 1 aliphatic carbocycles. The van der Waals surface area contributed by atoms with E-state index in [1.165, 1.54) is 6.07 Å². The van der Waals surface area contributed by atoms with Crippen molar-refractivity contribution in [3.63, 3.8) is 0 Å². The highest BCUT2D eigenvalue weighted by molar-refractivity contribution is 6.11. The third-order valence-corrected chi connectivity index (χ3v) is 8.42. The van der Waals surface area contributed by atoms with Gasteiger partial charge in [-0.15, -0.1) is 0 Å². The predicted octanol–water partition coefficient (Wildman–Crippen LogP) is 2.98. The summed E-state index contributed by atoms with van der Waals surface area (Å²) in [5.41, 5.74) is 1.12. The number of aromatic nitrogens is 2. The van der Waals surface area contributed by atoms with Gasteiger partial charge in [-0.3, -0.25) is 19.8 Å². The Balaban J connectivity index is 1.23. The highest BCUT2D eigenvalue weighted by Crippen LogP contribution is 2.46. The molecule has 1 aromatic carbocycles. The normalized spacial score (nSPS) is 24.4. The van der Waals surface area contributed by atoms with Crippen LogP contribution >= 0.6 is 0 Å². The monoisotopic (exact) mass is 507 g/mol. The molecule has 2 saturated heterocycles. The van der Waals surface area contributed by atoms with Crippen LogP contribution in [0.5, 0.6) is 0 Å². The maximum Gasteiger partial charge on any atom is 0.253 e. The summed E-state index contributed by atoms with van der Waals surface area (Å²) in [6.07, 6.45) is 6.41. The zero-order chi connectivity index (χ0) is 25.7. The molecule has 1 unspecified atom stereocenters. The number of amides is 2. The van der Waals surface area contributed by atoms with Gasteiger partial charge < -0.3 is 15.1 Å². The molecule has 3 fully saturated rings. The van der Waals surface area contributed by atoms with Gasteiger partial charge in [0, 0.05) is 62.1 Å². The second kappa shape index (κ2) is 9.24. The number of piperazine rings is 1. The third-order valence-electron chi connectivity index (χ3n) is 8.42. The van der Waals surface area contributed by atoms with Crippen molar-refractivity contribution in [3.8, 4) is 0 Å². The summed E-state index contributed by atoms with van der Waals surface area (Å²) in [6, 6.07) is 5.80. The van der Waals surface area contributed by atoms with Gasteiger partial charge in [0.1, 0.15) is 17.2 Å². The minimum Gasteiger partial charge on any atom is -0.367 e. The van der Waals surface area contributed by atoms with Crippen LogP contribution in [0, 0.1) is 5.82 Å². The average Bonchev–Trinajstić information content (AvgIpc) is 3.57. The second-order valence-corrected chi connectivity index (χ2v) is 11.0. The van der Waals surface area contributed by atoms with E-state index < -0.39 is 5.54 Å². The largest absolute Gasteiger partial charge is 0.367 e. The standard InChI is InChI=1S/C27H34FN7O2/c1-17(2)33-9-11-34(12-10-33)22-8-7-19(13-21(22)28)30-26-29-16-18-14-27(15-23(36)31-25(27)37)35(24(18)32-26)20-5-3-4-6-20/h7-8,13,16-17,20H,3-6,9-12,14-15H2,1-2H3,(H,29,30,32)(H,31,36,37). The summed E-state index contributed by atoms with van der Waals surface area (Å²) in [6.45, 7) is 7.81. The number of hydrogen-bond acceptors (Lipinski definition) is 8. The number of benzene rings is 1. The number of fused-ring (bicyclic) bond motifs is 1. The summed E-state index contributed by atoms with van der Waals surface area (Å²) in [7, 11) is 0. The van der Waals surface area contributed by atoms with Crippen molar-refractivity contribution in [2.24, 2.45) is 0 Å². The number of nitrogens with zero attached hydrogens (tertiary/aromatic N) is 5. The number of carbonyl (C=O) groups is 2. The Morgan fingerprint density at radius 3 is 2.51 bits per heavy atom. The van der Waals surface area contributed by atoms with Gasteiger partial charge in [-0.25, -0.2) is 9.37 Å². The molecule has 6 rings (SSSR count). The smallest absolute Gasteiger partial charge is 0.253 e. The summed E-state index contributed by atoms with van der Waals surface area (Å²) >= 11 is 0. The van der Waals surface area contributed by atoms with Crippen molar-refractivity contribution in [2.45, 2.75) is 70.0 Å². The second-order valence-electron chi connectivity index (χ2n) is 11.0. The number of anilines is 4. The quantitative estimate of drug-likeness (QED) is 0.597. The van der Waals surface area contributed by atoms with Crippen LogP contribution in [-0.4, -0.2) is 70.5 Å². The van der Waals surface area contributed by atoms with Crippen LogP contribution in [0.25, 0.3) is 0 Å². The lowest BCUT2D eigenvalue weighted by molar-refractivity contribution is -0.126. The Morgan fingerprint density at radius 1 is 1.11 bits per heavy atom. The molecule has 3 aliphatic heterocycles. The molecule has 4 aliphatic rings. The maximum atomic E-state index is 15.1. The van der Waals surface area contributed by atoms with Crippen molar-refractivity contribution in [1.29, 1.82) is 0 Å². The molecule has 37 heavy (non-hydrogen) atoms. The van der Waals surface area contributed by atoms with Gasteiger partial charge >= 0.3 is 0 Å². The summed E-state index contributed by atoms with van der Waals surface area (Å²) in [4.78, 5) is 41.0. The van der Waals surface area contributed by atoms with Crippen molar-refractivity contribution >= 4 is 35.0 Å². The number of halogens is 1. The fraction of sp³-hybridized carbons (Fsp3) is 0.556. The number of hydrogen-bond donors (Lipinski definition) is 2. The van der Waals surface area contributed by atoms with E-state index in [1.807, 2.05) is 12.1 Å². The Hall–Kier alpha value is -3.27. The SMILES string of the molecule is CC(C)N1CCN(c2ccc(Nc3ncc4c(n3)N(C3CCCC3)C3(CC(=O)NC3=O)C4)cc2F)CC1. The minimum atomic E-state index is -0.922. The number of carbonyl (C=O) groups excluding carboxylic acids is 2. The van der Waals surface area contributed by atoms with E-state index in [0.29, 0.717) is 35.6 Å². The van der Waals surface area contributed by atoms with Gasteiger partial charge in [0.05, 0.1) is 12.1 Å². The molecule has 2 amide bonds. The van der Waals surface area contributed by atoms with Crippen LogP contribution in [0.3, 0.4) is 0 Å². The van der Waals surface area contributed by atoms with E-state index >= 15 is 4.39 Å². The first-order chi connectivity index (χ1) is 17.8. The molecule has 196 valence electrons. The molecule has 9 nitrogen and oxygen atoms in total. The van der Waals surface area contributed by atoms with Gasteiger partial charge in [0.25, 0.3) is 5.91 Å². The minimum absolute atomic E-state index is 0.138. The Morgan fingerprint density at radius 2 is 1.86 bits per heavy atom. The first kappa shape index (κ1) is 24.1. The summed E-state index contributed by atoms with van der Waals surface area (Å²) in [5, 5.41) is 5.66. The molecular weight excluding hydrogens is 473 g/mol. The average molecular weight is 508 g/mol. The van der Waals surface area contributed by atoms with Crippen molar-refractivity contribution in [3.05, 3.63) is 35.8 Å². The van der Waals surface area contributed by atoms with Gasteiger partial charge in [0.2, 0.25) is 11.9 Å². The number of nitrogens with one attached hydrogen (secondary N) is 2. The Kier molecular flexibility index (Phi) is 6.01. The zero-order valence-corrected chi connectivity index (χ0v) is 21.5. The summed E-state index contributed by atoms with van der Waals surface area (Å²) in [5.74, 6) is 0.282. The fourth-order valence-corrected chi connectivity index (χ4v) is 6.50. The summed E-state index contributed by atoms with van der Waals surface area (Å²) < 4.78 is 15.1. The Bertz CT molecular complexity index is 1220. The lowest BCUT2D eigenvalue weighted by Gasteiger charge is -2.38. The fourth-order valence-electron chi connectivity index (χ4n) is 6.50. The van der Waals surface area contributed by atoms with Crippen LogP contribution in [0.15, 0.2) is 24.4 Å². The van der Waals surface area contributed by atoms with E-state index in [0.717, 1.165) is 57.4 Å². The molecule has 2 aromatic rings. The predicted molar refractivity (Wildman–Crippen MR) is 140 cm³/mol. The van der Waals surface area contributed by atoms with Crippen molar-refractivity contribution in [2.75, 3.05) is 41.3 Å². The van der Waals surface area contributed by atoms with Crippen LogP contribution < -0.4 is 20.4 Å². The molecular formula is C27H34FN7O2. The molecule has 0 radical (unpaired) electrons. The zero-order valence-electron chi connectivity index (χ0n) is 21.5. The molecule has 0 bridgehead atoms. The highest BCUT2D eigenvalue weighted by atomic mass is 19.1. The number of imide groups is 1. The molecule has 1 spiro atoms. The molecule has 1 saturated carbocycles. The lowest BCUT2D eigenvalue weighted by Crippen LogP contribution is -2.56. The molecule has 1 atom stereocenters. The Labute approximate surface area is 216 Å². The molecule has 1 aromatic heterocycles. The van der Waals surface area contributed by atoms with Crippen LogP contribution in [0.2, 0.25) is 0 Å². The van der Waals surface area contributed by atoms with E-state index in [2.05, 4.69) is 44.2 Å². The highest BCUT2D eigenvalue weighted by Gasteiger charge is 2.58. The van der Waals surface area contributed by atoms with Gasteiger partial charge in [-0.2, -0.15) is 4.98 Å². The van der Waals surface area contributed by atoms with Gasteiger partial charge in [-0.05, 0) is 44.9 Å². The van der Waals surface area contributed by atoms with Crippen LogP contribution in [0.1, 0.15) is 51.5 Å². The van der Waals surface area contributed by atoms with Crippen LogP contribution in [-0.2, 0) is 16.0 Å². The third kappa shape index (κ3) is 4.21. The first-order valence-corrected chi connectivity index (χ1v) is 13.4. The first-order valence-electron chi connectivity index (χ1n) is 13.4. The number of rotatable bonds is 5. The van der Waals surface area contributed by atoms with E-state index in [-0.39, 0.29) is 30.1 Å². The molecule has 10 heteroatoms. The van der Waals surface area contributed by atoms with Crippen molar-refractivity contribution < 1.29 is 14.0 Å². The molecule has 4 heterocycles.